The highest BCUT2D eigenvalue weighted by Gasteiger charge is 2.18. The van der Waals surface area contributed by atoms with Gasteiger partial charge in [-0.3, -0.25) is 9.44 Å². The summed E-state index contributed by atoms with van der Waals surface area (Å²) in [7, 11) is -7.17. The maximum atomic E-state index is 11.1. The number of hydrogen-bond donors (Lipinski definition) is 2. The molecule has 1 aromatic carbocycles. The van der Waals surface area contributed by atoms with Crippen LogP contribution in [0.1, 0.15) is 0 Å². The molecule has 0 unspecified atom stereocenters. The van der Waals surface area contributed by atoms with Crippen molar-refractivity contribution in [2.75, 3.05) is 22.0 Å². The zero-order valence-corrected chi connectivity index (χ0v) is 13.6. The van der Waals surface area contributed by atoms with Crippen LogP contribution in [0.5, 0.6) is 0 Å². The van der Waals surface area contributed by atoms with Crippen molar-refractivity contribution in [2.24, 2.45) is 0 Å². The molecule has 0 spiro atoms. The van der Waals surface area contributed by atoms with Gasteiger partial charge in [0.2, 0.25) is 20.0 Å². The number of nitrogens with one attached hydrogen (secondary N) is 2. The molecule has 0 amide bonds. The van der Waals surface area contributed by atoms with Gasteiger partial charge in [0.1, 0.15) is 0 Å². The van der Waals surface area contributed by atoms with Gasteiger partial charge in [0.15, 0.2) is 0 Å². The number of anilines is 2. The molecule has 0 aromatic heterocycles. The molecule has 6 nitrogen and oxygen atoms in total. The first-order valence-corrected chi connectivity index (χ1v) is 9.45. The Balaban J connectivity index is 3.39. The third kappa shape index (κ3) is 4.88. The molecular formula is C8H9Cl3N2O4S2. The second-order valence-electron chi connectivity index (χ2n) is 3.66. The summed E-state index contributed by atoms with van der Waals surface area (Å²) in [5.74, 6) is 0. The summed E-state index contributed by atoms with van der Waals surface area (Å²) < 4.78 is 48.7. The fourth-order valence-corrected chi connectivity index (χ4v) is 3.21. The summed E-state index contributed by atoms with van der Waals surface area (Å²) in [6, 6.07) is 1.16. The first kappa shape index (κ1) is 16.6. The monoisotopic (exact) mass is 366 g/mol. The Morgan fingerprint density at radius 1 is 0.895 bits per heavy atom. The molecule has 0 aliphatic carbocycles. The summed E-state index contributed by atoms with van der Waals surface area (Å²) >= 11 is 17.6. The Bertz CT molecular complexity index is 716. The zero-order chi connectivity index (χ0) is 15.0. The Hall–Kier alpha value is -0.410. The SMILES string of the molecule is CS(=O)(=O)Nc1cc(Cl)c(NS(C)(=O)=O)c(Cl)c1Cl. The van der Waals surface area contributed by atoms with Crippen LogP contribution < -0.4 is 9.44 Å². The third-order valence-corrected chi connectivity index (χ3v) is 4.07. The van der Waals surface area contributed by atoms with Crippen molar-refractivity contribution in [3.63, 3.8) is 0 Å². The molecule has 0 aliphatic heterocycles. The summed E-state index contributed by atoms with van der Waals surface area (Å²) in [6.45, 7) is 0. The fraction of sp³-hybridized carbons (Fsp3) is 0.250. The van der Waals surface area contributed by atoms with Crippen molar-refractivity contribution in [3.05, 3.63) is 21.1 Å². The van der Waals surface area contributed by atoms with Gasteiger partial charge in [-0.25, -0.2) is 16.8 Å². The highest BCUT2D eigenvalue weighted by atomic mass is 35.5. The Kier molecular flexibility index (Phi) is 4.84. The molecule has 0 atom stereocenters. The largest absolute Gasteiger partial charge is 0.282 e. The van der Waals surface area contributed by atoms with Crippen molar-refractivity contribution >= 4 is 66.2 Å². The van der Waals surface area contributed by atoms with Crippen molar-refractivity contribution in [3.8, 4) is 0 Å². The highest BCUT2D eigenvalue weighted by molar-refractivity contribution is 7.92. The quantitative estimate of drug-likeness (QED) is 0.799. The first-order chi connectivity index (χ1) is 8.41. The predicted molar refractivity (Wildman–Crippen MR) is 78.4 cm³/mol. The molecule has 0 aliphatic rings. The van der Waals surface area contributed by atoms with E-state index in [9.17, 15) is 16.8 Å². The Morgan fingerprint density at radius 3 is 1.79 bits per heavy atom. The smallest absolute Gasteiger partial charge is 0.229 e. The van der Waals surface area contributed by atoms with E-state index in [-0.39, 0.29) is 26.4 Å². The number of rotatable bonds is 4. The predicted octanol–water partition coefficient (Wildman–Crippen LogP) is 2.39. The standard InChI is InChI=1S/C8H9Cl3N2O4S2/c1-18(14,15)12-5-3-4(9)8(7(11)6(5)10)13-19(2,16)17/h3,12-13H,1-2H3. The molecule has 0 saturated carbocycles. The van der Waals surface area contributed by atoms with E-state index in [1.165, 1.54) is 0 Å². The van der Waals surface area contributed by atoms with E-state index >= 15 is 0 Å². The normalized spacial score (nSPS) is 12.3. The van der Waals surface area contributed by atoms with Crippen molar-refractivity contribution in [1.29, 1.82) is 0 Å². The van der Waals surface area contributed by atoms with Gasteiger partial charge in [-0.15, -0.1) is 0 Å². The van der Waals surface area contributed by atoms with Gasteiger partial charge in [0, 0.05) is 0 Å². The Labute approximate surface area is 126 Å². The molecule has 0 heterocycles. The van der Waals surface area contributed by atoms with Crippen LogP contribution in [0.4, 0.5) is 11.4 Å². The van der Waals surface area contributed by atoms with Crippen LogP contribution in [-0.2, 0) is 20.0 Å². The lowest BCUT2D eigenvalue weighted by molar-refractivity contribution is 0.605. The van der Waals surface area contributed by atoms with Crippen molar-refractivity contribution in [2.45, 2.75) is 0 Å². The van der Waals surface area contributed by atoms with E-state index in [1.54, 1.807) is 0 Å². The van der Waals surface area contributed by atoms with E-state index in [2.05, 4.69) is 9.44 Å². The second kappa shape index (κ2) is 5.53. The lowest BCUT2D eigenvalue weighted by Crippen LogP contribution is -2.13. The highest BCUT2D eigenvalue weighted by Crippen LogP contribution is 2.41. The average molecular weight is 368 g/mol. The molecule has 1 rings (SSSR count). The average Bonchev–Trinajstić information content (AvgIpc) is 2.17. The van der Waals surface area contributed by atoms with E-state index in [0.717, 1.165) is 18.6 Å². The molecule has 11 heteroatoms. The molecule has 1 aromatic rings. The van der Waals surface area contributed by atoms with E-state index in [4.69, 9.17) is 34.8 Å². The van der Waals surface area contributed by atoms with Gasteiger partial charge in [0.25, 0.3) is 0 Å². The van der Waals surface area contributed by atoms with E-state index < -0.39 is 20.0 Å². The minimum Gasteiger partial charge on any atom is -0.282 e. The first-order valence-electron chi connectivity index (χ1n) is 4.54. The molecule has 0 saturated heterocycles. The van der Waals surface area contributed by atoms with Crippen LogP contribution in [0.2, 0.25) is 15.1 Å². The maximum absolute atomic E-state index is 11.1. The lowest BCUT2D eigenvalue weighted by Gasteiger charge is -2.14. The Morgan fingerprint density at radius 2 is 1.37 bits per heavy atom. The van der Waals surface area contributed by atoms with Gasteiger partial charge < -0.3 is 0 Å². The van der Waals surface area contributed by atoms with E-state index in [1.807, 2.05) is 0 Å². The van der Waals surface area contributed by atoms with Crippen LogP contribution in [0.3, 0.4) is 0 Å². The second-order valence-corrected chi connectivity index (χ2v) is 8.32. The molecule has 19 heavy (non-hydrogen) atoms. The van der Waals surface area contributed by atoms with Crippen molar-refractivity contribution < 1.29 is 16.8 Å². The minimum atomic E-state index is -3.60. The van der Waals surface area contributed by atoms with E-state index in [0.29, 0.717) is 0 Å². The number of halogens is 3. The van der Waals surface area contributed by atoms with Gasteiger partial charge in [-0.1, -0.05) is 34.8 Å². The fourth-order valence-electron chi connectivity index (χ4n) is 1.15. The van der Waals surface area contributed by atoms with Gasteiger partial charge in [-0.05, 0) is 6.07 Å². The summed E-state index contributed by atoms with van der Waals surface area (Å²) in [4.78, 5) is 0. The topological polar surface area (TPSA) is 92.3 Å². The molecule has 0 bridgehead atoms. The van der Waals surface area contributed by atoms with Crippen molar-refractivity contribution in [1.82, 2.24) is 0 Å². The molecule has 0 radical (unpaired) electrons. The summed E-state index contributed by atoms with van der Waals surface area (Å²) in [6.07, 6.45) is 1.84. The lowest BCUT2D eigenvalue weighted by atomic mass is 10.3. The summed E-state index contributed by atoms with van der Waals surface area (Å²) in [5.41, 5.74) is -0.159. The third-order valence-electron chi connectivity index (χ3n) is 1.74. The molecule has 108 valence electrons. The number of benzene rings is 1. The minimum absolute atomic E-state index is 0.0433. The molecule has 2 N–H and O–H groups in total. The van der Waals surface area contributed by atoms with Crippen LogP contribution in [0.25, 0.3) is 0 Å². The van der Waals surface area contributed by atoms with Crippen LogP contribution >= 0.6 is 34.8 Å². The van der Waals surface area contributed by atoms with Gasteiger partial charge in [0.05, 0.1) is 39.0 Å². The zero-order valence-electron chi connectivity index (χ0n) is 9.66. The number of sulfonamides is 2. The summed E-state index contributed by atoms with van der Waals surface area (Å²) in [5, 5.41) is -0.459. The molecular weight excluding hydrogens is 359 g/mol. The van der Waals surface area contributed by atoms with Crippen LogP contribution in [-0.4, -0.2) is 29.3 Å². The van der Waals surface area contributed by atoms with Gasteiger partial charge >= 0.3 is 0 Å². The maximum Gasteiger partial charge on any atom is 0.229 e. The number of hydrogen-bond acceptors (Lipinski definition) is 4. The molecule has 0 fully saturated rings. The van der Waals surface area contributed by atoms with Gasteiger partial charge in [-0.2, -0.15) is 0 Å². The van der Waals surface area contributed by atoms with Crippen LogP contribution in [0.15, 0.2) is 6.07 Å². The van der Waals surface area contributed by atoms with Crippen LogP contribution in [0, 0.1) is 0 Å².